The van der Waals surface area contributed by atoms with Crippen molar-refractivity contribution in [2.75, 3.05) is 12.8 Å². The van der Waals surface area contributed by atoms with Gasteiger partial charge in [-0.15, -0.1) is 0 Å². The third-order valence-electron chi connectivity index (χ3n) is 4.33. The van der Waals surface area contributed by atoms with Crippen molar-refractivity contribution in [1.82, 2.24) is 19.3 Å². The van der Waals surface area contributed by atoms with E-state index >= 15 is 0 Å². The van der Waals surface area contributed by atoms with E-state index in [1.807, 2.05) is 0 Å². The molecule has 0 aromatic carbocycles. The molecule has 0 saturated carbocycles. The summed E-state index contributed by atoms with van der Waals surface area (Å²) in [6, 6.07) is 2.82. The molecule has 2 aromatic heterocycles. The summed E-state index contributed by atoms with van der Waals surface area (Å²) in [6.45, 7) is 2.25. The number of nitrogens with zero attached hydrogens (tertiary/aromatic N) is 4. The van der Waals surface area contributed by atoms with Crippen molar-refractivity contribution in [2.45, 2.75) is 32.2 Å². The van der Waals surface area contributed by atoms with Crippen LogP contribution in [0, 0.1) is 6.92 Å². The van der Waals surface area contributed by atoms with Gasteiger partial charge in [0.15, 0.2) is 0 Å². The molecule has 2 aromatic rings. The molecule has 0 bridgehead atoms. The predicted octanol–water partition coefficient (Wildman–Crippen LogP) is 2.03. The van der Waals surface area contributed by atoms with Crippen LogP contribution < -0.4 is 0 Å². The smallest absolute Gasteiger partial charge is 0.337 e. The molecule has 26 heavy (non-hydrogen) atoms. The van der Waals surface area contributed by atoms with Gasteiger partial charge in [0, 0.05) is 30.2 Å². The molecular weight excluding hydrogens is 356 g/mol. The Balaban J connectivity index is 2.05. The van der Waals surface area contributed by atoms with E-state index in [1.165, 1.54) is 29.0 Å². The zero-order valence-electron chi connectivity index (χ0n) is 14.6. The van der Waals surface area contributed by atoms with Crippen molar-refractivity contribution in [3.63, 3.8) is 0 Å². The number of piperidine rings is 1. The fraction of sp³-hybridized carbons (Fsp3) is 0.412. The lowest BCUT2D eigenvalue weighted by atomic mass is 10.0. The lowest BCUT2D eigenvalue weighted by molar-refractivity contribution is 0.0696. The van der Waals surface area contributed by atoms with E-state index in [2.05, 4.69) is 15.0 Å². The van der Waals surface area contributed by atoms with Gasteiger partial charge >= 0.3 is 5.97 Å². The second-order valence-electron chi connectivity index (χ2n) is 6.41. The quantitative estimate of drug-likeness (QED) is 0.868. The van der Waals surface area contributed by atoms with E-state index in [0.29, 0.717) is 35.7 Å². The zero-order valence-corrected chi connectivity index (χ0v) is 15.4. The largest absolute Gasteiger partial charge is 0.478 e. The number of hydrogen-bond donors (Lipinski definition) is 1. The first kappa shape index (κ1) is 18.4. The Morgan fingerprint density at radius 3 is 2.69 bits per heavy atom. The number of carbonyl (C=O) groups is 1. The third-order valence-corrected chi connectivity index (χ3v) is 5.62. The van der Waals surface area contributed by atoms with Crippen LogP contribution in [0.4, 0.5) is 0 Å². The van der Waals surface area contributed by atoms with Crippen molar-refractivity contribution in [3.8, 4) is 11.3 Å². The minimum atomic E-state index is -3.37. The lowest BCUT2D eigenvalue weighted by Gasteiger charge is -2.32. The second-order valence-corrected chi connectivity index (χ2v) is 8.34. The van der Waals surface area contributed by atoms with Gasteiger partial charge in [-0.3, -0.25) is 4.98 Å². The highest BCUT2D eigenvalue weighted by atomic mass is 32.2. The van der Waals surface area contributed by atoms with Crippen LogP contribution in [0.5, 0.6) is 0 Å². The first-order chi connectivity index (χ1) is 12.3. The molecule has 0 spiro atoms. The van der Waals surface area contributed by atoms with Crippen molar-refractivity contribution >= 4 is 16.0 Å². The van der Waals surface area contributed by atoms with Gasteiger partial charge in [0.1, 0.15) is 5.82 Å². The number of aromatic nitrogens is 3. The maximum absolute atomic E-state index is 12.1. The van der Waals surface area contributed by atoms with Crippen molar-refractivity contribution in [1.29, 1.82) is 0 Å². The van der Waals surface area contributed by atoms with Crippen molar-refractivity contribution in [3.05, 3.63) is 41.6 Å². The fourth-order valence-electron chi connectivity index (χ4n) is 3.15. The maximum Gasteiger partial charge on any atom is 0.337 e. The van der Waals surface area contributed by atoms with Crippen molar-refractivity contribution < 1.29 is 18.3 Å². The molecular formula is C17H20N4O4S. The summed E-state index contributed by atoms with van der Waals surface area (Å²) < 4.78 is 25.7. The van der Waals surface area contributed by atoms with E-state index in [-0.39, 0.29) is 5.56 Å². The van der Waals surface area contributed by atoms with Crippen LogP contribution in [0.25, 0.3) is 11.3 Å². The van der Waals surface area contributed by atoms with Gasteiger partial charge in [-0.05, 0) is 31.9 Å². The minimum Gasteiger partial charge on any atom is -0.478 e. The van der Waals surface area contributed by atoms with Crippen LogP contribution >= 0.6 is 0 Å². The Labute approximate surface area is 152 Å². The van der Waals surface area contributed by atoms with E-state index in [0.717, 1.165) is 12.8 Å². The van der Waals surface area contributed by atoms with Gasteiger partial charge in [0.2, 0.25) is 10.0 Å². The summed E-state index contributed by atoms with van der Waals surface area (Å²) in [6.07, 6.45) is 6.37. The van der Waals surface area contributed by atoms with E-state index in [1.54, 1.807) is 13.0 Å². The molecule has 8 nitrogen and oxygen atoms in total. The Morgan fingerprint density at radius 1 is 1.23 bits per heavy atom. The molecule has 0 amide bonds. The maximum atomic E-state index is 12.1. The third kappa shape index (κ3) is 3.88. The van der Waals surface area contributed by atoms with Gasteiger partial charge in [0.25, 0.3) is 0 Å². The lowest BCUT2D eigenvalue weighted by Crippen LogP contribution is -2.38. The van der Waals surface area contributed by atoms with Gasteiger partial charge in [-0.1, -0.05) is 6.42 Å². The highest BCUT2D eigenvalue weighted by molar-refractivity contribution is 7.88. The van der Waals surface area contributed by atoms with E-state index < -0.39 is 22.0 Å². The first-order valence-corrected chi connectivity index (χ1v) is 10.1. The highest BCUT2D eigenvalue weighted by Gasteiger charge is 2.32. The topological polar surface area (TPSA) is 113 Å². The van der Waals surface area contributed by atoms with Crippen LogP contribution in [0.2, 0.25) is 0 Å². The number of rotatable bonds is 4. The molecule has 3 heterocycles. The van der Waals surface area contributed by atoms with Crippen LogP contribution in [-0.4, -0.2) is 51.6 Å². The number of aromatic carboxylic acids is 1. The molecule has 1 saturated heterocycles. The number of aryl methyl sites for hydroxylation is 1. The van der Waals surface area contributed by atoms with Crippen LogP contribution in [0.3, 0.4) is 0 Å². The molecule has 1 aliphatic rings. The monoisotopic (exact) mass is 376 g/mol. The molecule has 1 fully saturated rings. The molecule has 0 radical (unpaired) electrons. The average molecular weight is 376 g/mol. The Hall–Kier alpha value is -2.39. The van der Waals surface area contributed by atoms with Crippen molar-refractivity contribution in [2.24, 2.45) is 0 Å². The second kappa shape index (κ2) is 7.08. The molecule has 9 heteroatoms. The summed E-state index contributed by atoms with van der Waals surface area (Å²) in [5, 5.41) is 9.15. The number of sulfonamides is 1. The van der Waals surface area contributed by atoms with E-state index in [4.69, 9.17) is 5.11 Å². The van der Waals surface area contributed by atoms with Crippen LogP contribution in [0.1, 0.15) is 47.2 Å². The molecule has 138 valence electrons. The number of carboxylic acid groups (broad SMARTS) is 1. The summed E-state index contributed by atoms with van der Waals surface area (Å²) in [5.41, 5.74) is 1.83. The summed E-state index contributed by atoms with van der Waals surface area (Å²) in [5.74, 6) is -0.633. The molecule has 1 aliphatic heterocycles. The fourth-order valence-corrected chi connectivity index (χ4v) is 4.27. The van der Waals surface area contributed by atoms with Gasteiger partial charge in [-0.25, -0.2) is 23.2 Å². The van der Waals surface area contributed by atoms with E-state index in [9.17, 15) is 13.2 Å². The van der Waals surface area contributed by atoms with Gasteiger partial charge in [-0.2, -0.15) is 4.31 Å². The molecule has 1 atom stereocenters. The Morgan fingerprint density at radius 2 is 2.00 bits per heavy atom. The molecule has 1 N–H and O–H groups in total. The summed E-state index contributed by atoms with van der Waals surface area (Å²) >= 11 is 0. The first-order valence-electron chi connectivity index (χ1n) is 8.27. The zero-order chi connectivity index (χ0) is 18.9. The highest BCUT2D eigenvalue weighted by Crippen LogP contribution is 2.32. The van der Waals surface area contributed by atoms with Crippen LogP contribution in [0.15, 0.2) is 24.5 Å². The Bertz CT molecular complexity index is 946. The average Bonchev–Trinajstić information content (AvgIpc) is 2.60. The summed E-state index contributed by atoms with van der Waals surface area (Å²) in [7, 11) is -3.37. The summed E-state index contributed by atoms with van der Waals surface area (Å²) in [4.78, 5) is 24.1. The normalized spacial score (nSPS) is 18.6. The predicted molar refractivity (Wildman–Crippen MR) is 95.1 cm³/mol. The van der Waals surface area contributed by atoms with Gasteiger partial charge in [0.05, 0.1) is 23.6 Å². The Kier molecular flexibility index (Phi) is 5.01. The van der Waals surface area contributed by atoms with Gasteiger partial charge < -0.3 is 5.11 Å². The van der Waals surface area contributed by atoms with Crippen LogP contribution in [-0.2, 0) is 10.0 Å². The minimum absolute atomic E-state index is 0.0655. The molecule has 0 aliphatic carbocycles. The molecule has 3 rings (SSSR count). The SMILES string of the molecule is Cc1cc(-c2cncc(C(=O)O)c2)nc([C@@H]2CCCCN2S(C)(=O)=O)n1. The number of pyridine rings is 1. The standard InChI is InChI=1S/C17H20N4O4S/c1-11-7-14(12-8-13(17(22)23)10-18-9-12)20-16(19-11)15-5-3-4-6-21(15)26(2,24)25/h7-10,15H,3-6H2,1-2H3,(H,22,23)/t15-/m0/s1. The number of carboxylic acids is 1. The number of hydrogen-bond acceptors (Lipinski definition) is 6. The molecule has 0 unspecified atom stereocenters.